The van der Waals surface area contributed by atoms with Crippen molar-refractivity contribution in [2.75, 3.05) is 36.2 Å². The number of aliphatic hydroxyl groups is 1. The molecule has 5 amide bonds. The van der Waals surface area contributed by atoms with Gasteiger partial charge in [-0.05, 0) is 185 Å². The van der Waals surface area contributed by atoms with Crippen molar-refractivity contribution in [3.05, 3.63) is 336 Å². The molecule has 2 aliphatic heterocycles. The van der Waals surface area contributed by atoms with Gasteiger partial charge in [0.15, 0.2) is 6.23 Å². The van der Waals surface area contributed by atoms with E-state index in [4.69, 9.17) is 37.9 Å². The molecule has 124 heavy (non-hydrogen) atoms. The number of para-hydroxylation sites is 4. The summed E-state index contributed by atoms with van der Waals surface area (Å²) in [7, 11) is 0. The Kier molecular flexibility index (Phi) is 24.3. The molecule has 0 radical (unpaired) electrons. The van der Waals surface area contributed by atoms with Crippen LogP contribution >= 0.6 is 0 Å². The van der Waals surface area contributed by atoms with E-state index in [1.54, 1.807) is 240 Å². The maximum absolute atomic E-state index is 16.7. The van der Waals surface area contributed by atoms with Crippen LogP contribution in [0.2, 0.25) is 0 Å². The lowest BCUT2D eigenvalue weighted by Crippen LogP contribution is -2.52. The van der Waals surface area contributed by atoms with Crippen LogP contribution in [-0.4, -0.2) is 107 Å². The summed E-state index contributed by atoms with van der Waals surface area (Å²) >= 11 is 0. The molecule has 22 heteroatoms. The number of fused-ring (bicyclic) bond motifs is 2. The molecule has 622 valence electrons. The van der Waals surface area contributed by atoms with Crippen LogP contribution in [0.3, 0.4) is 0 Å². The number of anilines is 4. The molecule has 15 rings (SSSR count). The number of rotatable bonds is 32. The molecule has 3 atom stereocenters. The number of carbonyl (C=O) groups is 9. The summed E-state index contributed by atoms with van der Waals surface area (Å²) in [4.78, 5) is 137. The van der Waals surface area contributed by atoms with E-state index in [0.717, 1.165) is 32.1 Å². The van der Waals surface area contributed by atoms with Crippen molar-refractivity contribution in [3.8, 4) is 46.0 Å². The van der Waals surface area contributed by atoms with Crippen molar-refractivity contribution in [3.63, 3.8) is 0 Å². The maximum Gasteiger partial charge on any atom is 0.333 e. The number of esters is 4. The second-order valence-corrected chi connectivity index (χ2v) is 30.5. The zero-order valence-electron chi connectivity index (χ0n) is 69.0. The molecular weight excluding hydrogens is 1570 g/mol. The minimum Gasteiger partial charge on any atom is -0.462 e. The fourth-order valence-corrected chi connectivity index (χ4v) is 15.4. The Morgan fingerprint density at radius 1 is 0.339 bits per heavy atom. The number of ether oxygens (including phenoxy) is 8. The number of nitrogens with zero attached hydrogens (tertiary/aromatic N) is 4. The van der Waals surface area contributed by atoms with Crippen molar-refractivity contribution in [1.82, 2.24) is 9.80 Å². The Morgan fingerprint density at radius 2 is 0.597 bits per heavy atom. The SMILES string of the molecule is C=C(C)C(=O)OCCc1ccc(Oc2cc3c4c(cc(Oc5ccc(CCOC(=O)C(=C)C)cc5)c5c6c(Oc7ccc(CCOC(=O)C(=C)C)cc7)cc7c8c(cc(Oc9ccc(CCOC(=O)C(=C)C)cc9)c(c2c45)c86)C(=O)N(C(C)C(=O)N(c2ccccc2)c2ccccc2)C7O)C(=O)N(C(C)C(=O)N(c2ccccc2)c2ccccc2)C3=O)cc1. The van der Waals surface area contributed by atoms with Crippen LogP contribution in [0.15, 0.2) is 291 Å². The normalized spacial score (nSPS) is 13.2. The lowest BCUT2D eigenvalue weighted by atomic mass is 9.80. The second-order valence-electron chi connectivity index (χ2n) is 30.5. The van der Waals surface area contributed by atoms with Gasteiger partial charge in [-0.15, -0.1) is 0 Å². The Hall–Kier alpha value is -15.3. The Morgan fingerprint density at radius 3 is 0.879 bits per heavy atom. The quantitative estimate of drug-likeness (QED) is 0.0103. The van der Waals surface area contributed by atoms with E-state index in [9.17, 15) is 24.3 Å². The van der Waals surface area contributed by atoms with E-state index >= 15 is 24.0 Å². The van der Waals surface area contributed by atoms with E-state index in [-0.39, 0.29) is 179 Å². The topological polar surface area (TPSA) is 261 Å². The minimum atomic E-state index is -1.95. The smallest absolute Gasteiger partial charge is 0.333 e. The van der Waals surface area contributed by atoms with Crippen LogP contribution in [0, 0.1) is 0 Å². The van der Waals surface area contributed by atoms with E-state index in [1.807, 2.05) is 12.1 Å². The van der Waals surface area contributed by atoms with Crippen LogP contribution in [0.25, 0.3) is 43.1 Å². The van der Waals surface area contributed by atoms with Gasteiger partial charge in [0.1, 0.15) is 58.1 Å². The number of hydrogen-bond donors (Lipinski definition) is 1. The molecule has 2 heterocycles. The third-order valence-corrected chi connectivity index (χ3v) is 21.6. The van der Waals surface area contributed by atoms with Crippen LogP contribution in [0.4, 0.5) is 22.7 Å². The van der Waals surface area contributed by atoms with Gasteiger partial charge in [-0.3, -0.25) is 43.6 Å². The summed E-state index contributed by atoms with van der Waals surface area (Å²) in [5.74, 6) is -5.38. The van der Waals surface area contributed by atoms with Gasteiger partial charge in [0.05, 0.1) is 43.1 Å². The van der Waals surface area contributed by atoms with Crippen LogP contribution in [-0.2, 0) is 73.4 Å². The van der Waals surface area contributed by atoms with Gasteiger partial charge < -0.3 is 43.0 Å². The van der Waals surface area contributed by atoms with E-state index in [2.05, 4.69) is 26.3 Å². The molecule has 2 aliphatic rings. The van der Waals surface area contributed by atoms with Gasteiger partial charge >= 0.3 is 23.9 Å². The van der Waals surface area contributed by atoms with Crippen LogP contribution < -0.4 is 28.7 Å². The predicted octanol–water partition coefficient (Wildman–Crippen LogP) is 20.1. The van der Waals surface area contributed by atoms with Gasteiger partial charge in [0, 0.05) is 119 Å². The largest absolute Gasteiger partial charge is 0.462 e. The van der Waals surface area contributed by atoms with Gasteiger partial charge in [0.2, 0.25) is 0 Å². The number of hydrogen-bond acceptors (Lipinski definition) is 18. The van der Waals surface area contributed by atoms with E-state index in [0.29, 0.717) is 29.2 Å². The van der Waals surface area contributed by atoms with Gasteiger partial charge in [-0.1, -0.05) is 148 Å². The van der Waals surface area contributed by atoms with E-state index < -0.39 is 71.7 Å². The monoisotopic (exact) mass is 1650 g/mol. The average Bonchev–Trinajstić information content (AvgIpc) is 0.669. The molecule has 13 aromatic carbocycles. The number of amides is 5. The third-order valence-electron chi connectivity index (χ3n) is 21.6. The van der Waals surface area contributed by atoms with Crippen LogP contribution in [0.1, 0.15) is 107 Å². The third kappa shape index (κ3) is 17.0. The summed E-state index contributed by atoms with van der Waals surface area (Å²) in [6.07, 6.45) is -0.790. The maximum atomic E-state index is 16.7. The van der Waals surface area contributed by atoms with Gasteiger partial charge in [0.25, 0.3) is 29.5 Å². The van der Waals surface area contributed by atoms with Crippen LogP contribution in [0.5, 0.6) is 46.0 Å². The highest BCUT2D eigenvalue weighted by atomic mass is 16.5. The summed E-state index contributed by atoms with van der Waals surface area (Å²) in [5.41, 5.74) is 5.50. The fourth-order valence-electron chi connectivity index (χ4n) is 15.4. The van der Waals surface area contributed by atoms with Gasteiger partial charge in [-0.2, -0.15) is 0 Å². The highest BCUT2D eigenvalue weighted by Crippen LogP contribution is 2.59. The second kappa shape index (κ2) is 35.9. The summed E-state index contributed by atoms with van der Waals surface area (Å²) < 4.78 is 51.4. The zero-order chi connectivity index (χ0) is 87.3. The fraction of sp³-hybridized carbons (Fsp3) is 0.167. The molecular formula is C102H86N4O18. The molecule has 1 N–H and O–H groups in total. The minimum absolute atomic E-state index is 0.00622. The molecule has 0 saturated carbocycles. The lowest BCUT2D eigenvalue weighted by Gasteiger charge is -2.40. The van der Waals surface area contributed by atoms with Crippen molar-refractivity contribution in [2.45, 2.75) is 85.5 Å². The molecule has 13 aromatic rings. The Balaban J connectivity index is 1.03. The van der Waals surface area contributed by atoms with Gasteiger partial charge in [-0.25, -0.2) is 19.2 Å². The number of carbonyl (C=O) groups excluding carboxylic acids is 9. The highest BCUT2D eigenvalue weighted by Gasteiger charge is 2.46. The van der Waals surface area contributed by atoms with E-state index in [1.165, 1.54) is 41.8 Å². The summed E-state index contributed by atoms with van der Waals surface area (Å²) in [6.45, 7) is 24.2. The first-order valence-electron chi connectivity index (χ1n) is 40.3. The first kappa shape index (κ1) is 83.8. The predicted molar refractivity (Wildman–Crippen MR) is 472 cm³/mol. The molecule has 0 spiro atoms. The standard InChI is InChI=1S/C102H86N4O18/c1-59(2)99(113)117-51-47-65-31-39-73(40-32-65)121-81-55-77-85-78(96(110)103(95(77)109)63(9)93(107)105(69-23-15-11-16-24-69)70-25-17-12-18-26-70)57-83(123-75-43-35-67(36-44-75)49-53-119-101(115)61(5)6)89-90-84(124-76-45-37-68(38-46-76)50-54-120-102(116)62(7)8)58-80-86-79(97(111)104(98(80)112)64(10)94(108)106(71-27-19-13-20-28-71)72-29-21-14-22-30-72)56-82(88(92(86)90)87(81)91(85)89)122-74-41-33-66(34-42-74)48-52-118-100(114)60(3)4/h11-46,55-58,63-64,95,109H,1,3,5,7,47-54H2,2,4,6,8-10H3. The Bertz CT molecular complexity index is 6210. The first-order chi connectivity index (χ1) is 59.8. The molecule has 0 saturated heterocycles. The van der Waals surface area contributed by atoms with Crippen molar-refractivity contribution >= 4 is 119 Å². The summed E-state index contributed by atoms with van der Waals surface area (Å²) in [6, 6.07) is 66.4. The van der Waals surface area contributed by atoms with Crippen molar-refractivity contribution in [1.29, 1.82) is 0 Å². The number of benzene rings is 13. The molecule has 0 aliphatic carbocycles. The zero-order valence-corrected chi connectivity index (χ0v) is 69.0. The lowest BCUT2D eigenvalue weighted by molar-refractivity contribution is -0.139. The first-order valence-corrected chi connectivity index (χ1v) is 40.3. The Labute approximate surface area is 714 Å². The highest BCUT2D eigenvalue weighted by molar-refractivity contribution is 6.43. The number of imide groups is 1. The molecule has 3 unspecified atom stereocenters. The van der Waals surface area contributed by atoms with Crippen molar-refractivity contribution < 1.29 is 86.2 Å². The molecule has 0 bridgehead atoms. The van der Waals surface area contributed by atoms with Crippen molar-refractivity contribution in [2.24, 2.45) is 0 Å². The number of aliphatic hydroxyl groups excluding tert-OH is 1. The average molecular weight is 1660 g/mol. The molecule has 22 nitrogen and oxygen atoms in total. The summed E-state index contributed by atoms with van der Waals surface area (Å²) in [5, 5.41) is 15.0. The molecule has 0 aromatic heterocycles. The molecule has 0 fully saturated rings.